The summed E-state index contributed by atoms with van der Waals surface area (Å²) >= 11 is 6.09. The van der Waals surface area contributed by atoms with Gasteiger partial charge in [-0.15, -0.1) is 0 Å². The second kappa shape index (κ2) is 4.70. The number of fused-ring (bicyclic) bond motifs is 1. The Hall–Kier alpha value is -1.29. The van der Waals surface area contributed by atoms with Crippen molar-refractivity contribution in [3.05, 3.63) is 22.8 Å². The topological polar surface area (TPSA) is 45.2 Å². The van der Waals surface area contributed by atoms with Crippen LogP contribution in [0.25, 0.3) is 0 Å². The summed E-state index contributed by atoms with van der Waals surface area (Å²) in [4.78, 5) is 17.7. The summed E-state index contributed by atoms with van der Waals surface area (Å²) in [6, 6.07) is 1.67. The molecular formula is C11H14ClN3O. The Balaban J connectivity index is 2.33. The van der Waals surface area contributed by atoms with Crippen molar-refractivity contribution < 1.29 is 4.79 Å². The van der Waals surface area contributed by atoms with Crippen LogP contribution in [0.4, 0.5) is 10.6 Å². The molecule has 1 N–H and O–H groups in total. The minimum atomic E-state index is -0.0989. The lowest BCUT2D eigenvalue weighted by molar-refractivity contribution is 0.246. The summed E-state index contributed by atoms with van der Waals surface area (Å²) in [5, 5.41) is 3.47. The molecule has 2 rings (SSSR count). The number of hydrogen-bond acceptors (Lipinski definition) is 2. The minimum Gasteiger partial charge on any atom is -0.338 e. The van der Waals surface area contributed by atoms with Crippen molar-refractivity contribution in [3.8, 4) is 0 Å². The van der Waals surface area contributed by atoms with Crippen molar-refractivity contribution in [1.82, 2.24) is 10.3 Å². The van der Waals surface area contributed by atoms with Crippen LogP contribution in [-0.2, 0) is 6.42 Å². The highest BCUT2D eigenvalue weighted by Gasteiger charge is 2.24. The maximum Gasteiger partial charge on any atom is 0.323 e. The van der Waals surface area contributed by atoms with E-state index in [2.05, 4.69) is 10.3 Å². The Labute approximate surface area is 99.6 Å². The molecule has 1 aliphatic rings. The third kappa shape index (κ3) is 1.97. The van der Waals surface area contributed by atoms with Gasteiger partial charge in [0.2, 0.25) is 0 Å². The molecule has 0 atom stereocenters. The third-order valence-electron chi connectivity index (χ3n) is 2.61. The number of rotatable bonds is 1. The first kappa shape index (κ1) is 11.2. The van der Waals surface area contributed by atoms with E-state index in [-0.39, 0.29) is 6.03 Å². The Morgan fingerprint density at radius 2 is 2.50 bits per heavy atom. The summed E-state index contributed by atoms with van der Waals surface area (Å²) in [5.41, 5.74) is 0.974. The summed E-state index contributed by atoms with van der Waals surface area (Å²) in [7, 11) is 0. The van der Waals surface area contributed by atoms with Gasteiger partial charge in [-0.2, -0.15) is 0 Å². The number of aromatic nitrogens is 1. The molecule has 1 aliphatic heterocycles. The van der Waals surface area contributed by atoms with Gasteiger partial charge >= 0.3 is 6.03 Å². The van der Waals surface area contributed by atoms with Gasteiger partial charge < -0.3 is 5.32 Å². The zero-order valence-electron chi connectivity index (χ0n) is 9.16. The van der Waals surface area contributed by atoms with Gasteiger partial charge in [0.25, 0.3) is 0 Å². The Morgan fingerprint density at radius 1 is 1.69 bits per heavy atom. The van der Waals surface area contributed by atoms with Gasteiger partial charge in [-0.25, -0.2) is 9.78 Å². The molecule has 0 saturated carbocycles. The Kier molecular flexibility index (Phi) is 3.29. The highest BCUT2D eigenvalue weighted by molar-refractivity contribution is 6.31. The van der Waals surface area contributed by atoms with E-state index in [1.165, 1.54) is 0 Å². The monoisotopic (exact) mass is 239 g/mol. The summed E-state index contributed by atoms with van der Waals surface area (Å²) < 4.78 is 0. The number of carbonyl (C=O) groups is 1. The number of pyridine rings is 1. The predicted molar refractivity (Wildman–Crippen MR) is 64.0 cm³/mol. The average molecular weight is 240 g/mol. The van der Waals surface area contributed by atoms with Crippen molar-refractivity contribution in [2.45, 2.75) is 19.8 Å². The van der Waals surface area contributed by atoms with Crippen LogP contribution in [0.3, 0.4) is 0 Å². The Morgan fingerprint density at radius 3 is 3.25 bits per heavy atom. The van der Waals surface area contributed by atoms with Gasteiger partial charge in [0.05, 0.1) is 0 Å². The lowest BCUT2D eigenvalue weighted by Gasteiger charge is -2.28. The van der Waals surface area contributed by atoms with E-state index >= 15 is 0 Å². The van der Waals surface area contributed by atoms with Crippen LogP contribution in [0.1, 0.15) is 18.9 Å². The molecule has 2 heterocycles. The molecule has 5 heteroatoms. The second-order valence-electron chi connectivity index (χ2n) is 3.69. The molecule has 86 valence electrons. The largest absolute Gasteiger partial charge is 0.338 e. The number of urea groups is 1. The molecule has 2 amide bonds. The molecule has 0 bridgehead atoms. The lowest BCUT2D eigenvalue weighted by Crippen LogP contribution is -2.43. The van der Waals surface area contributed by atoms with Crippen molar-refractivity contribution in [3.63, 3.8) is 0 Å². The van der Waals surface area contributed by atoms with Crippen molar-refractivity contribution in [2.75, 3.05) is 18.0 Å². The number of amides is 2. The average Bonchev–Trinajstić information content (AvgIpc) is 2.29. The predicted octanol–water partition coefficient (Wildman–Crippen LogP) is 2.22. The van der Waals surface area contributed by atoms with E-state index in [0.29, 0.717) is 23.9 Å². The number of carbonyl (C=O) groups excluding carboxylic acids is 1. The van der Waals surface area contributed by atoms with E-state index in [9.17, 15) is 4.79 Å². The SMILES string of the molecule is CCNC(=O)N1CCCc2c(Cl)ccnc21. The van der Waals surface area contributed by atoms with Crippen LogP contribution in [0.5, 0.6) is 0 Å². The first-order valence-corrected chi connectivity index (χ1v) is 5.80. The molecule has 4 nitrogen and oxygen atoms in total. The van der Waals surface area contributed by atoms with E-state index in [4.69, 9.17) is 11.6 Å². The summed E-state index contributed by atoms with van der Waals surface area (Å²) in [6.07, 6.45) is 3.45. The number of hydrogen-bond donors (Lipinski definition) is 1. The van der Waals surface area contributed by atoms with Gasteiger partial charge in [-0.1, -0.05) is 11.6 Å². The number of anilines is 1. The quantitative estimate of drug-likeness (QED) is 0.817. The van der Waals surface area contributed by atoms with Crippen LogP contribution in [-0.4, -0.2) is 24.1 Å². The zero-order valence-corrected chi connectivity index (χ0v) is 9.92. The lowest BCUT2D eigenvalue weighted by atomic mass is 10.1. The molecule has 0 radical (unpaired) electrons. The third-order valence-corrected chi connectivity index (χ3v) is 2.97. The maximum atomic E-state index is 11.8. The smallest absolute Gasteiger partial charge is 0.323 e. The highest BCUT2D eigenvalue weighted by Crippen LogP contribution is 2.30. The van der Waals surface area contributed by atoms with E-state index in [0.717, 1.165) is 18.4 Å². The fourth-order valence-electron chi connectivity index (χ4n) is 1.89. The van der Waals surface area contributed by atoms with Crippen molar-refractivity contribution in [1.29, 1.82) is 0 Å². The van der Waals surface area contributed by atoms with E-state index in [1.54, 1.807) is 17.2 Å². The van der Waals surface area contributed by atoms with Crippen LogP contribution < -0.4 is 10.2 Å². The number of halogens is 1. The molecule has 1 aromatic heterocycles. The van der Waals surface area contributed by atoms with Crippen LogP contribution >= 0.6 is 11.6 Å². The molecule has 0 aromatic carbocycles. The van der Waals surface area contributed by atoms with E-state index in [1.807, 2.05) is 6.92 Å². The molecule has 1 aromatic rings. The summed E-state index contributed by atoms with van der Waals surface area (Å²) in [5.74, 6) is 0.699. The molecular weight excluding hydrogens is 226 g/mol. The van der Waals surface area contributed by atoms with Gasteiger partial charge in [-0.3, -0.25) is 4.90 Å². The summed E-state index contributed by atoms with van der Waals surface area (Å²) in [6.45, 7) is 3.21. The first-order chi connectivity index (χ1) is 7.74. The van der Waals surface area contributed by atoms with Crippen LogP contribution in [0, 0.1) is 0 Å². The normalized spacial score (nSPS) is 14.5. The zero-order chi connectivity index (χ0) is 11.5. The van der Waals surface area contributed by atoms with Crippen molar-refractivity contribution >= 4 is 23.4 Å². The fraction of sp³-hybridized carbons (Fsp3) is 0.455. The molecule has 0 saturated heterocycles. The van der Waals surface area contributed by atoms with Crippen molar-refractivity contribution in [2.24, 2.45) is 0 Å². The number of nitrogens with one attached hydrogen (secondary N) is 1. The van der Waals surface area contributed by atoms with Gasteiger partial charge in [0.15, 0.2) is 0 Å². The van der Waals surface area contributed by atoms with Gasteiger partial charge in [0, 0.05) is 29.9 Å². The maximum absolute atomic E-state index is 11.8. The minimum absolute atomic E-state index is 0.0989. The second-order valence-corrected chi connectivity index (χ2v) is 4.09. The fourth-order valence-corrected chi connectivity index (χ4v) is 2.12. The molecule has 0 spiro atoms. The molecule has 16 heavy (non-hydrogen) atoms. The highest BCUT2D eigenvalue weighted by atomic mass is 35.5. The van der Waals surface area contributed by atoms with Gasteiger partial charge in [-0.05, 0) is 25.8 Å². The molecule has 0 fully saturated rings. The van der Waals surface area contributed by atoms with Crippen LogP contribution in [0.15, 0.2) is 12.3 Å². The number of nitrogens with zero attached hydrogens (tertiary/aromatic N) is 2. The molecule has 0 aliphatic carbocycles. The standard InChI is InChI=1S/C11H14ClN3O/c1-2-13-11(16)15-7-3-4-8-9(12)5-6-14-10(8)15/h5-6H,2-4,7H2,1H3,(H,13,16). The van der Waals surface area contributed by atoms with Gasteiger partial charge in [0.1, 0.15) is 5.82 Å². The van der Waals surface area contributed by atoms with Crippen LogP contribution in [0.2, 0.25) is 5.02 Å². The molecule has 0 unspecified atom stereocenters. The first-order valence-electron chi connectivity index (χ1n) is 5.42. The van der Waals surface area contributed by atoms with E-state index < -0.39 is 0 Å². The Bertz CT molecular complexity index is 408.